The van der Waals surface area contributed by atoms with Gasteiger partial charge in [0.2, 0.25) is 5.09 Å². The van der Waals surface area contributed by atoms with Gasteiger partial charge in [-0.05, 0) is 38.9 Å². The zero-order valence-corrected chi connectivity index (χ0v) is 16.1. The van der Waals surface area contributed by atoms with Crippen molar-refractivity contribution in [2.45, 2.75) is 70.4 Å². The number of furan rings is 1. The Hall–Kier alpha value is -0.633. The van der Waals surface area contributed by atoms with Crippen LogP contribution in [0.5, 0.6) is 0 Å². The van der Waals surface area contributed by atoms with E-state index >= 15 is 0 Å². The van der Waals surface area contributed by atoms with Crippen LogP contribution in [0.4, 0.5) is 0 Å². The molecule has 0 aliphatic rings. The summed E-state index contributed by atoms with van der Waals surface area (Å²) >= 11 is 0. The van der Waals surface area contributed by atoms with E-state index in [4.69, 9.17) is 9.56 Å². The van der Waals surface area contributed by atoms with Crippen molar-refractivity contribution in [3.05, 3.63) is 17.4 Å². The predicted octanol–water partition coefficient (Wildman–Crippen LogP) is 3.52. The van der Waals surface area contributed by atoms with Gasteiger partial charge in [0.1, 0.15) is 5.76 Å². The van der Waals surface area contributed by atoms with Crippen LogP contribution in [0.3, 0.4) is 0 Å². The molecule has 21 heavy (non-hydrogen) atoms. The molecule has 5 nitrogen and oxygen atoms in total. The highest BCUT2D eigenvalue weighted by molar-refractivity contribution is 7.92. The molecule has 7 heteroatoms. The molecule has 1 rings (SSSR count). The van der Waals surface area contributed by atoms with Crippen molar-refractivity contribution >= 4 is 18.2 Å². The third-order valence-electron chi connectivity index (χ3n) is 4.04. The summed E-state index contributed by atoms with van der Waals surface area (Å²) in [5.74, 6) is 0.515. The van der Waals surface area contributed by atoms with Crippen molar-refractivity contribution in [2.24, 2.45) is 9.17 Å². The van der Waals surface area contributed by atoms with E-state index in [1.165, 1.54) is 0 Å². The second-order valence-corrected chi connectivity index (χ2v) is 14.5. The highest BCUT2D eigenvalue weighted by Crippen LogP contribution is 2.38. The SMILES string of the molecule is Cc1oc(S(N)(=O)=N[Si](C)(C)C(C)(C)C)cc1C(C)(C)O. The van der Waals surface area contributed by atoms with Crippen LogP contribution in [0.1, 0.15) is 45.9 Å². The maximum atomic E-state index is 12.8. The van der Waals surface area contributed by atoms with Crippen molar-refractivity contribution in [3.8, 4) is 0 Å². The highest BCUT2D eigenvalue weighted by Gasteiger charge is 2.38. The molecule has 1 heterocycles. The van der Waals surface area contributed by atoms with Crippen molar-refractivity contribution in [1.82, 2.24) is 0 Å². The Labute approximate surface area is 129 Å². The number of hydrogen-bond donors (Lipinski definition) is 2. The molecule has 122 valence electrons. The van der Waals surface area contributed by atoms with E-state index in [-0.39, 0.29) is 10.1 Å². The van der Waals surface area contributed by atoms with Gasteiger partial charge in [-0.1, -0.05) is 20.8 Å². The second kappa shape index (κ2) is 5.22. The van der Waals surface area contributed by atoms with Gasteiger partial charge in [-0.3, -0.25) is 4.03 Å². The van der Waals surface area contributed by atoms with Gasteiger partial charge in [-0.15, -0.1) is 0 Å². The van der Waals surface area contributed by atoms with E-state index in [0.717, 1.165) is 0 Å². The molecule has 0 saturated carbocycles. The molecule has 0 bridgehead atoms. The predicted molar refractivity (Wildman–Crippen MR) is 88.9 cm³/mol. The number of aryl methyl sites for hydroxylation is 1. The fraction of sp³-hybridized carbons (Fsp3) is 0.714. The number of rotatable bonds is 3. The van der Waals surface area contributed by atoms with Gasteiger partial charge in [-0.25, -0.2) is 9.35 Å². The lowest BCUT2D eigenvalue weighted by molar-refractivity contribution is 0.0769. The van der Waals surface area contributed by atoms with Gasteiger partial charge in [-0.2, -0.15) is 0 Å². The Bertz CT molecular complexity index is 642. The maximum Gasteiger partial charge on any atom is 0.212 e. The molecule has 0 amide bonds. The average Bonchev–Trinajstić information content (AvgIpc) is 2.56. The van der Waals surface area contributed by atoms with Crippen molar-refractivity contribution in [3.63, 3.8) is 0 Å². The van der Waals surface area contributed by atoms with Gasteiger partial charge >= 0.3 is 0 Å². The summed E-state index contributed by atoms with van der Waals surface area (Å²) in [6, 6.07) is 1.56. The summed E-state index contributed by atoms with van der Waals surface area (Å²) in [7, 11) is -5.28. The summed E-state index contributed by atoms with van der Waals surface area (Å²) in [4.78, 5) is 0. The summed E-state index contributed by atoms with van der Waals surface area (Å²) in [6.45, 7) is 15.3. The van der Waals surface area contributed by atoms with Crippen molar-refractivity contribution in [2.75, 3.05) is 0 Å². The van der Waals surface area contributed by atoms with Crippen LogP contribution in [0, 0.1) is 6.92 Å². The molecular weight excluding hydrogens is 304 g/mol. The zero-order valence-electron chi connectivity index (χ0n) is 14.3. The third kappa shape index (κ3) is 3.97. The maximum absolute atomic E-state index is 12.8. The molecule has 0 aliphatic heterocycles. The number of nitrogens with zero attached hydrogens (tertiary/aromatic N) is 1. The standard InChI is InChI=1S/C14H28N2O3SSi/c1-10-11(14(5,6)17)9-12(19-10)20(15,18)16-21(7,8)13(2,3)4/h9,17H,1-8H3,(H2,15,16,18). The van der Waals surface area contributed by atoms with Crippen LogP contribution in [-0.4, -0.2) is 17.6 Å². The summed E-state index contributed by atoms with van der Waals surface area (Å²) < 4.78 is 22.8. The lowest BCUT2D eigenvalue weighted by atomic mass is 10.00. The molecule has 0 spiro atoms. The minimum Gasteiger partial charge on any atom is -0.450 e. The summed E-state index contributed by atoms with van der Waals surface area (Å²) in [6.07, 6.45) is 0. The monoisotopic (exact) mass is 332 g/mol. The summed E-state index contributed by atoms with van der Waals surface area (Å²) in [5.41, 5.74) is -0.487. The van der Waals surface area contributed by atoms with Crippen LogP contribution >= 0.6 is 0 Å². The third-order valence-corrected chi connectivity index (χ3v) is 11.4. The van der Waals surface area contributed by atoms with Crippen LogP contribution < -0.4 is 5.14 Å². The number of nitrogens with two attached hydrogens (primary N) is 1. The smallest absolute Gasteiger partial charge is 0.212 e. The highest BCUT2D eigenvalue weighted by atomic mass is 32.2. The van der Waals surface area contributed by atoms with Gasteiger partial charge in [0, 0.05) is 11.6 Å². The Morgan fingerprint density at radius 2 is 1.76 bits per heavy atom. The van der Waals surface area contributed by atoms with E-state index in [1.807, 2.05) is 13.1 Å². The first-order chi connectivity index (χ1) is 9.08. The van der Waals surface area contributed by atoms with Crippen molar-refractivity contribution in [1.29, 1.82) is 0 Å². The molecule has 1 aromatic rings. The molecule has 1 atom stereocenters. The van der Waals surface area contributed by atoms with Gasteiger partial charge < -0.3 is 9.52 Å². The van der Waals surface area contributed by atoms with Crippen LogP contribution in [0.25, 0.3) is 0 Å². The molecule has 0 aliphatic carbocycles. The van der Waals surface area contributed by atoms with Crippen LogP contribution in [0.2, 0.25) is 18.1 Å². The number of hydrogen-bond acceptors (Lipinski definition) is 4. The molecule has 1 aromatic heterocycles. The molecule has 0 aromatic carbocycles. The van der Waals surface area contributed by atoms with Crippen LogP contribution in [-0.2, 0) is 15.5 Å². The number of aliphatic hydroxyl groups is 1. The Morgan fingerprint density at radius 1 is 1.29 bits per heavy atom. The topological polar surface area (TPSA) is 88.8 Å². The molecule has 1 unspecified atom stereocenters. The average molecular weight is 333 g/mol. The molecule has 3 N–H and O–H groups in total. The quantitative estimate of drug-likeness (QED) is 0.830. The Balaban J connectivity index is 3.43. The van der Waals surface area contributed by atoms with E-state index in [9.17, 15) is 9.32 Å². The molecule has 0 fully saturated rings. The minimum atomic E-state index is -3.10. The summed E-state index contributed by atoms with van der Waals surface area (Å²) in [5, 5.41) is 16.1. The first kappa shape index (κ1) is 18.4. The zero-order chi connectivity index (χ0) is 16.9. The second-order valence-electron chi connectivity index (χ2n) is 7.56. The lowest BCUT2D eigenvalue weighted by Gasteiger charge is -2.32. The van der Waals surface area contributed by atoms with Crippen molar-refractivity contribution < 1.29 is 13.7 Å². The Morgan fingerprint density at radius 3 is 2.10 bits per heavy atom. The first-order valence-corrected chi connectivity index (χ1v) is 11.5. The van der Waals surface area contributed by atoms with E-state index in [1.54, 1.807) is 26.8 Å². The molecule has 0 saturated heterocycles. The van der Waals surface area contributed by atoms with Gasteiger partial charge in [0.05, 0.1) is 5.60 Å². The van der Waals surface area contributed by atoms with Crippen LogP contribution in [0.15, 0.2) is 19.6 Å². The van der Waals surface area contributed by atoms with Gasteiger partial charge in [0.25, 0.3) is 0 Å². The first-order valence-electron chi connectivity index (χ1n) is 6.97. The normalized spacial score (nSPS) is 16.7. The fourth-order valence-electron chi connectivity index (χ4n) is 1.73. The fourth-order valence-corrected chi connectivity index (χ4v) is 6.43. The van der Waals surface area contributed by atoms with Gasteiger partial charge in [0.15, 0.2) is 18.2 Å². The van der Waals surface area contributed by atoms with E-state index in [0.29, 0.717) is 11.3 Å². The molecular formula is C14H28N2O3SSi. The minimum absolute atomic E-state index is 0.0598. The van der Waals surface area contributed by atoms with E-state index < -0.39 is 23.8 Å². The Kier molecular flexibility index (Phi) is 4.58. The molecule has 0 radical (unpaired) electrons. The van der Waals surface area contributed by atoms with E-state index in [2.05, 4.69) is 24.8 Å². The lowest BCUT2D eigenvalue weighted by Crippen LogP contribution is -2.37. The largest absolute Gasteiger partial charge is 0.450 e.